The Kier molecular flexibility index (Phi) is 3.24. The zero-order chi connectivity index (χ0) is 12.3. The lowest BCUT2D eigenvalue weighted by Gasteiger charge is -1.94. The summed E-state index contributed by atoms with van der Waals surface area (Å²) in [7, 11) is 0. The fraction of sp³-hybridized carbons (Fsp3) is 0.0909. The normalized spacial score (nSPS) is 9.94. The number of benzene rings is 1. The van der Waals surface area contributed by atoms with Crippen LogP contribution in [0.5, 0.6) is 0 Å². The predicted molar refractivity (Wildman–Crippen MR) is 64.1 cm³/mol. The maximum absolute atomic E-state index is 11.9. The first-order chi connectivity index (χ1) is 8.16. The third kappa shape index (κ3) is 2.73. The van der Waals surface area contributed by atoms with Gasteiger partial charge in [-0.3, -0.25) is 9.59 Å². The van der Waals surface area contributed by atoms with Crippen molar-refractivity contribution in [3.63, 3.8) is 0 Å². The van der Waals surface area contributed by atoms with Gasteiger partial charge >= 0.3 is 0 Å². The Balaban J connectivity index is 2.21. The first-order valence-electron chi connectivity index (χ1n) is 4.87. The Labute approximate surface area is 102 Å². The van der Waals surface area contributed by atoms with Crippen molar-refractivity contribution in [1.29, 1.82) is 0 Å². The maximum Gasteiger partial charge on any atom is 0.223 e. The average molecular weight is 247 g/mol. The quantitative estimate of drug-likeness (QED) is 0.838. The van der Waals surface area contributed by atoms with E-state index in [1.54, 1.807) is 24.3 Å². The van der Waals surface area contributed by atoms with Gasteiger partial charge < -0.3 is 5.32 Å². The number of carbonyl (C=O) groups excluding carboxylic acids is 2. The molecular formula is C11H9N3O2S. The van der Waals surface area contributed by atoms with Crippen molar-refractivity contribution in [1.82, 2.24) is 10.2 Å². The minimum Gasteiger partial charge on any atom is -0.301 e. The molecule has 0 unspecified atom stereocenters. The number of anilines is 1. The maximum atomic E-state index is 11.9. The summed E-state index contributed by atoms with van der Waals surface area (Å²) in [4.78, 5) is 22.7. The van der Waals surface area contributed by atoms with E-state index in [0.29, 0.717) is 10.7 Å². The standard InChI is InChI=1S/C11H9N3O2S/c1-7(15)12-11-14-13-10(17-11)9(16)8-5-3-2-4-6-8/h2-6H,1H3,(H,12,14,15). The lowest BCUT2D eigenvalue weighted by molar-refractivity contribution is -0.114. The summed E-state index contributed by atoms with van der Waals surface area (Å²) >= 11 is 1.06. The fourth-order valence-electron chi connectivity index (χ4n) is 1.23. The number of aromatic nitrogens is 2. The van der Waals surface area contributed by atoms with E-state index >= 15 is 0 Å². The second-order valence-electron chi connectivity index (χ2n) is 3.29. The van der Waals surface area contributed by atoms with Gasteiger partial charge in [0.1, 0.15) is 0 Å². The van der Waals surface area contributed by atoms with E-state index < -0.39 is 0 Å². The monoisotopic (exact) mass is 247 g/mol. The predicted octanol–water partition coefficient (Wildman–Crippen LogP) is 1.73. The molecule has 0 saturated carbocycles. The van der Waals surface area contributed by atoms with Crippen molar-refractivity contribution in [2.24, 2.45) is 0 Å². The molecule has 1 amide bonds. The second kappa shape index (κ2) is 4.84. The van der Waals surface area contributed by atoms with Gasteiger partial charge in [-0.2, -0.15) is 0 Å². The Morgan fingerprint density at radius 1 is 1.18 bits per heavy atom. The average Bonchev–Trinajstić information content (AvgIpc) is 2.77. The summed E-state index contributed by atoms with van der Waals surface area (Å²) in [5.41, 5.74) is 0.554. The lowest BCUT2D eigenvalue weighted by Crippen LogP contribution is -2.04. The molecule has 5 nitrogen and oxygen atoms in total. The van der Waals surface area contributed by atoms with Crippen molar-refractivity contribution in [2.75, 3.05) is 5.32 Å². The molecule has 0 atom stereocenters. The van der Waals surface area contributed by atoms with E-state index in [1.165, 1.54) is 6.92 Å². The third-order valence-corrected chi connectivity index (χ3v) is 2.78. The summed E-state index contributed by atoms with van der Waals surface area (Å²) in [5.74, 6) is -0.431. The van der Waals surface area contributed by atoms with Crippen molar-refractivity contribution in [3.8, 4) is 0 Å². The van der Waals surface area contributed by atoms with Gasteiger partial charge in [-0.1, -0.05) is 41.7 Å². The number of nitrogens with one attached hydrogen (secondary N) is 1. The van der Waals surface area contributed by atoms with Gasteiger partial charge in [0.05, 0.1) is 0 Å². The van der Waals surface area contributed by atoms with Crippen LogP contribution in [0.4, 0.5) is 5.13 Å². The minimum atomic E-state index is -0.236. The van der Waals surface area contributed by atoms with Crippen molar-refractivity contribution >= 4 is 28.2 Å². The van der Waals surface area contributed by atoms with Crippen LogP contribution in [0.15, 0.2) is 30.3 Å². The zero-order valence-electron chi connectivity index (χ0n) is 9.01. The molecule has 2 rings (SSSR count). The van der Waals surface area contributed by atoms with E-state index in [2.05, 4.69) is 15.5 Å². The van der Waals surface area contributed by atoms with Crippen LogP contribution in [-0.2, 0) is 4.79 Å². The largest absolute Gasteiger partial charge is 0.301 e. The van der Waals surface area contributed by atoms with E-state index in [0.717, 1.165) is 11.3 Å². The number of nitrogens with zero attached hydrogens (tertiary/aromatic N) is 2. The highest BCUT2D eigenvalue weighted by atomic mass is 32.1. The van der Waals surface area contributed by atoms with E-state index in [4.69, 9.17) is 0 Å². The molecule has 0 spiro atoms. The Morgan fingerprint density at radius 2 is 1.88 bits per heavy atom. The van der Waals surface area contributed by atoms with Gasteiger partial charge in [0.15, 0.2) is 5.01 Å². The molecule has 17 heavy (non-hydrogen) atoms. The fourth-order valence-corrected chi connectivity index (χ4v) is 1.98. The number of hydrogen-bond donors (Lipinski definition) is 1. The molecule has 2 aromatic rings. The van der Waals surface area contributed by atoms with Crippen LogP contribution in [0.2, 0.25) is 0 Å². The molecule has 86 valence electrons. The molecule has 0 aliphatic carbocycles. The highest BCUT2D eigenvalue weighted by molar-refractivity contribution is 7.17. The molecule has 0 aliphatic heterocycles. The Morgan fingerprint density at radius 3 is 2.53 bits per heavy atom. The SMILES string of the molecule is CC(=O)Nc1nnc(C(=O)c2ccccc2)s1. The van der Waals surface area contributed by atoms with Crippen LogP contribution in [0.1, 0.15) is 22.3 Å². The minimum absolute atomic E-state index is 0.195. The van der Waals surface area contributed by atoms with Crippen LogP contribution in [0.25, 0.3) is 0 Å². The van der Waals surface area contributed by atoms with E-state index in [1.807, 2.05) is 6.07 Å². The molecule has 1 aromatic carbocycles. The second-order valence-corrected chi connectivity index (χ2v) is 4.27. The zero-order valence-corrected chi connectivity index (χ0v) is 9.82. The number of rotatable bonds is 3. The summed E-state index contributed by atoms with van der Waals surface area (Å²) in [6, 6.07) is 8.81. The molecule has 0 radical (unpaired) electrons. The summed E-state index contributed by atoms with van der Waals surface area (Å²) in [5, 5.41) is 10.5. The van der Waals surface area contributed by atoms with Crippen LogP contribution in [-0.4, -0.2) is 21.9 Å². The van der Waals surface area contributed by atoms with Gasteiger partial charge in [-0.05, 0) is 0 Å². The first kappa shape index (κ1) is 11.4. The summed E-state index contributed by atoms with van der Waals surface area (Å²) < 4.78 is 0. The van der Waals surface area contributed by atoms with Gasteiger partial charge in [0.2, 0.25) is 16.8 Å². The highest BCUT2D eigenvalue weighted by Crippen LogP contribution is 2.18. The first-order valence-corrected chi connectivity index (χ1v) is 5.69. The molecule has 0 fully saturated rings. The lowest BCUT2D eigenvalue weighted by atomic mass is 10.1. The Bertz CT molecular complexity index is 551. The summed E-state index contributed by atoms with van der Waals surface area (Å²) in [6.07, 6.45) is 0. The smallest absolute Gasteiger partial charge is 0.223 e. The van der Waals surface area contributed by atoms with E-state index in [-0.39, 0.29) is 16.7 Å². The van der Waals surface area contributed by atoms with Crippen molar-refractivity contribution in [3.05, 3.63) is 40.9 Å². The number of ketones is 1. The molecule has 6 heteroatoms. The molecule has 0 aliphatic rings. The van der Waals surface area contributed by atoms with Crippen LogP contribution in [0, 0.1) is 0 Å². The molecule has 1 aromatic heterocycles. The van der Waals surface area contributed by atoms with Crippen molar-refractivity contribution < 1.29 is 9.59 Å². The van der Waals surface area contributed by atoms with Gasteiger partial charge in [0.25, 0.3) is 0 Å². The van der Waals surface area contributed by atoms with Gasteiger partial charge in [-0.15, -0.1) is 10.2 Å². The Hall–Kier alpha value is -2.08. The van der Waals surface area contributed by atoms with Crippen LogP contribution < -0.4 is 5.32 Å². The van der Waals surface area contributed by atoms with E-state index in [9.17, 15) is 9.59 Å². The molecule has 0 bridgehead atoms. The third-order valence-electron chi connectivity index (χ3n) is 1.94. The van der Waals surface area contributed by atoms with Crippen LogP contribution >= 0.6 is 11.3 Å². The summed E-state index contributed by atoms with van der Waals surface area (Å²) in [6.45, 7) is 1.38. The number of amides is 1. The molecule has 1 N–H and O–H groups in total. The molecule has 0 saturated heterocycles. The van der Waals surface area contributed by atoms with Crippen molar-refractivity contribution in [2.45, 2.75) is 6.92 Å². The topological polar surface area (TPSA) is 72.0 Å². The van der Waals surface area contributed by atoms with Gasteiger partial charge in [-0.25, -0.2) is 0 Å². The van der Waals surface area contributed by atoms with Crippen LogP contribution in [0.3, 0.4) is 0 Å². The number of carbonyl (C=O) groups is 2. The number of hydrogen-bond acceptors (Lipinski definition) is 5. The van der Waals surface area contributed by atoms with Gasteiger partial charge in [0, 0.05) is 12.5 Å². The molecule has 1 heterocycles. The molecular weight excluding hydrogens is 238 g/mol. The highest BCUT2D eigenvalue weighted by Gasteiger charge is 2.14.